The molecule has 24 heavy (non-hydrogen) atoms. The molecule has 2 fully saturated rings. The lowest BCUT2D eigenvalue weighted by molar-refractivity contribution is 0.100. The maximum atomic E-state index is 11.8. The van der Waals surface area contributed by atoms with Crippen molar-refractivity contribution in [1.82, 2.24) is 9.88 Å². The van der Waals surface area contributed by atoms with Gasteiger partial charge in [0.1, 0.15) is 5.75 Å². The van der Waals surface area contributed by atoms with Gasteiger partial charge in [-0.25, -0.2) is 0 Å². The maximum absolute atomic E-state index is 11.8. The van der Waals surface area contributed by atoms with Crippen LogP contribution in [0.2, 0.25) is 5.02 Å². The second-order valence-electron chi connectivity index (χ2n) is 6.97. The van der Waals surface area contributed by atoms with Crippen molar-refractivity contribution >= 4 is 22.4 Å². The summed E-state index contributed by atoms with van der Waals surface area (Å²) in [5, 5.41) is 1.98. The second-order valence-corrected chi connectivity index (χ2v) is 7.38. The minimum absolute atomic E-state index is 0.118. The topological polar surface area (TPSA) is 45.3 Å². The molecule has 1 saturated carbocycles. The summed E-state index contributed by atoms with van der Waals surface area (Å²) < 4.78 is 6.18. The van der Waals surface area contributed by atoms with E-state index in [2.05, 4.69) is 9.88 Å². The molecule has 1 N–H and O–H groups in total. The first-order valence-electron chi connectivity index (χ1n) is 8.92. The van der Waals surface area contributed by atoms with Crippen molar-refractivity contribution in [2.24, 2.45) is 0 Å². The molecule has 2 heterocycles. The monoisotopic (exact) mass is 346 g/mol. The first-order valence-corrected chi connectivity index (χ1v) is 9.30. The quantitative estimate of drug-likeness (QED) is 0.914. The predicted octanol–water partition coefficient (Wildman–Crippen LogP) is 3.97. The molecule has 1 aliphatic heterocycles. The third-order valence-corrected chi connectivity index (χ3v) is 5.72. The largest absolute Gasteiger partial charge is 0.489 e. The SMILES string of the molecule is O=c1[nH]ccc2cc(OC3CCC(N4CCCC4)CC3)c(Cl)cc12. The zero-order valence-corrected chi connectivity index (χ0v) is 14.5. The zero-order valence-electron chi connectivity index (χ0n) is 13.8. The molecule has 0 bridgehead atoms. The fourth-order valence-electron chi connectivity index (χ4n) is 4.09. The summed E-state index contributed by atoms with van der Waals surface area (Å²) in [5.41, 5.74) is -0.118. The lowest BCUT2D eigenvalue weighted by atomic mass is 9.92. The molecule has 0 atom stereocenters. The molecule has 2 aliphatic rings. The van der Waals surface area contributed by atoms with Crippen LogP contribution in [-0.4, -0.2) is 35.1 Å². The molecule has 0 spiro atoms. The van der Waals surface area contributed by atoms with Gasteiger partial charge in [-0.2, -0.15) is 0 Å². The number of nitrogens with zero attached hydrogens (tertiary/aromatic N) is 1. The number of ether oxygens (including phenoxy) is 1. The third kappa shape index (κ3) is 3.17. The zero-order chi connectivity index (χ0) is 16.5. The Balaban J connectivity index is 1.45. The standard InChI is InChI=1S/C19H23ClN2O2/c20-17-12-16-13(7-8-21-19(16)23)11-18(17)24-15-5-3-14(4-6-15)22-9-1-2-10-22/h7-8,11-12,14-15H,1-6,9-10H2,(H,21,23). The maximum Gasteiger partial charge on any atom is 0.255 e. The average molecular weight is 347 g/mol. The van der Waals surface area contributed by atoms with Gasteiger partial charge in [0.25, 0.3) is 5.56 Å². The first kappa shape index (κ1) is 16.0. The Hall–Kier alpha value is -1.52. The Morgan fingerprint density at radius 2 is 1.88 bits per heavy atom. The van der Waals surface area contributed by atoms with Crippen molar-refractivity contribution in [3.05, 3.63) is 39.8 Å². The molecule has 0 unspecified atom stereocenters. The van der Waals surface area contributed by atoms with E-state index in [4.69, 9.17) is 16.3 Å². The molecule has 1 aromatic heterocycles. The molecule has 1 saturated heterocycles. The first-order chi connectivity index (χ1) is 11.7. The molecule has 4 nitrogen and oxygen atoms in total. The van der Waals surface area contributed by atoms with Gasteiger partial charge in [0.2, 0.25) is 0 Å². The Labute approximate surface area is 146 Å². The average Bonchev–Trinajstić information content (AvgIpc) is 3.12. The van der Waals surface area contributed by atoms with Gasteiger partial charge in [-0.3, -0.25) is 4.79 Å². The van der Waals surface area contributed by atoms with Crippen molar-refractivity contribution in [2.45, 2.75) is 50.7 Å². The fourth-order valence-corrected chi connectivity index (χ4v) is 4.30. The number of aromatic nitrogens is 1. The highest BCUT2D eigenvalue weighted by molar-refractivity contribution is 6.32. The number of halogens is 1. The Bertz CT molecular complexity index is 775. The van der Waals surface area contributed by atoms with Gasteiger partial charge in [-0.15, -0.1) is 0 Å². The normalized spacial score (nSPS) is 25.2. The third-order valence-electron chi connectivity index (χ3n) is 5.42. The summed E-state index contributed by atoms with van der Waals surface area (Å²) in [7, 11) is 0. The lowest BCUT2D eigenvalue weighted by Gasteiger charge is -2.34. The Morgan fingerprint density at radius 1 is 1.12 bits per heavy atom. The number of benzene rings is 1. The van der Waals surface area contributed by atoms with Crippen molar-refractivity contribution < 1.29 is 4.74 Å². The summed E-state index contributed by atoms with van der Waals surface area (Å²) in [5.74, 6) is 0.694. The van der Waals surface area contributed by atoms with Crippen molar-refractivity contribution in [3.63, 3.8) is 0 Å². The molecule has 1 aromatic carbocycles. The highest BCUT2D eigenvalue weighted by Crippen LogP contribution is 2.33. The minimum atomic E-state index is -0.118. The summed E-state index contributed by atoms with van der Waals surface area (Å²) in [6, 6.07) is 6.21. The molecule has 0 radical (unpaired) electrons. The number of H-pyrrole nitrogens is 1. The number of rotatable bonds is 3. The van der Waals surface area contributed by atoms with Crippen LogP contribution in [0.5, 0.6) is 5.75 Å². The Morgan fingerprint density at radius 3 is 2.62 bits per heavy atom. The van der Waals surface area contributed by atoms with E-state index in [1.54, 1.807) is 12.3 Å². The Kier molecular flexibility index (Phi) is 4.51. The van der Waals surface area contributed by atoms with Gasteiger partial charge in [0, 0.05) is 17.6 Å². The van der Waals surface area contributed by atoms with Gasteiger partial charge in [0.05, 0.1) is 11.1 Å². The van der Waals surface area contributed by atoms with E-state index >= 15 is 0 Å². The second kappa shape index (κ2) is 6.77. The molecule has 128 valence electrons. The van der Waals surface area contributed by atoms with Crippen molar-refractivity contribution in [1.29, 1.82) is 0 Å². The summed E-state index contributed by atoms with van der Waals surface area (Å²) in [6.45, 7) is 2.53. The summed E-state index contributed by atoms with van der Waals surface area (Å²) in [4.78, 5) is 17.2. The lowest BCUT2D eigenvalue weighted by Crippen LogP contribution is -2.38. The predicted molar refractivity (Wildman–Crippen MR) is 97.1 cm³/mol. The molecule has 4 rings (SSSR count). The van der Waals surface area contributed by atoms with Gasteiger partial charge in [-0.05, 0) is 75.2 Å². The van der Waals surface area contributed by atoms with Gasteiger partial charge < -0.3 is 14.6 Å². The van der Waals surface area contributed by atoms with Crippen LogP contribution >= 0.6 is 11.6 Å². The molecular weight excluding hydrogens is 324 g/mol. The van der Waals surface area contributed by atoms with E-state index < -0.39 is 0 Å². The minimum Gasteiger partial charge on any atom is -0.489 e. The van der Waals surface area contributed by atoms with E-state index in [-0.39, 0.29) is 11.7 Å². The van der Waals surface area contributed by atoms with Crippen LogP contribution in [-0.2, 0) is 0 Å². The van der Waals surface area contributed by atoms with E-state index in [1.807, 2.05) is 12.1 Å². The molecule has 0 amide bonds. The number of hydrogen-bond acceptors (Lipinski definition) is 3. The highest BCUT2D eigenvalue weighted by atomic mass is 35.5. The van der Waals surface area contributed by atoms with Crippen LogP contribution < -0.4 is 10.3 Å². The number of fused-ring (bicyclic) bond motifs is 1. The van der Waals surface area contributed by atoms with E-state index in [9.17, 15) is 4.79 Å². The summed E-state index contributed by atoms with van der Waals surface area (Å²) >= 11 is 6.34. The molecule has 5 heteroatoms. The van der Waals surface area contributed by atoms with Crippen molar-refractivity contribution in [3.8, 4) is 5.75 Å². The van der Waals surface area contributed by atoms with Crippen LogP contribution in [0.3, 0.4) is 0 Å². The van der Waals surface area contributed by atoms with E-state index in [0.29, 0.717) is 16.2 Å². The highest BCUT2D eigenvalue weighted by Gasteiger charge is 2.28. The fraction of sp³-hybridized carbons (Fsp3) is 0.526. The number of hydrogen-bond donors (Lipinski definition) is 1. The van der Waals surface area contributed by atoms with Crippen LogP contribution in [0.1, 0.15) is 38.5 Å². The smallest absolute Gasteiger partial charge is 0.255 e. The molecule has 2 aromatic rings. The molecular formula is C19H23ClN2O2. The van der Waals surface area contributed by atoms with Gasteiger partial charge in [0.15, 0.2) is 0 Å². The van der Waals surface area contributed by atoms with Crippen LogP contribution in [0.4, 0.5) is 0 Å². The van der Waals surface area contributed by atoms with Crippen LogP contribution in [0.25, 0.3) is 10.8 Å². The van der Waals surface area contributed by atoms with Crippen molar-refractivity contribution in [2.75, 3.05) is 13.1 Å². The number of nitrogens with one attached hydrogen (secondary N) is 1. The number of pyridine rings is 1. The number of aromatic amines is 1. The van der Waals surface area contributed by atoms with Crippen LogP contribution in [0.15, 0.2) is 29.2 Å². The molecule has 1 aliphatic carbocycles. The van der Waals surface area contributed by atoms with Gasteiger partial charge >= 0.3 is 0 Å². The van der Waals surface area contributed by atoms with Crippen LogP contribution in [0, 0.1) is 0 Å². The number of likely N-dealkylation sites (tertiary alicyclic amines) is 1. The van der Waals surface area contributed by atoms with Gasteiger partial charge in [-0.1, -0.05) is 11.6 Å². The summed E-state index contributed by atoms with van der Waals surface area (Å²) in [6.07, 6.45) is 9.13. The van der Waals surface area contributed by atoms with E-state index in [1.165, 1.54) is 38.8 Å². The van der Waals surface area contributed by atoms with E-state index in [0.717, 1.165) is 24.3 Å².